The summed E-state index contributed by atoms with van der Waals surface area (Å²) in [5.41, 5.74) is 8.40. The third kappa shape index (κ3) is 42.6. The van der Waals surface area contributed by atoms with E-state index in [1.807, 2.05) is 106 Å². The summed E-state index contributed by atoms with van der Waals surface area (Å²) in [6.45, 7) is 17.7. The Kier molecular flexibility index (Phi) is 43.8. The summed E-state index contributed by atoms with van der Waals surface area (Å²) in [7, 11) is 0. The Morgan fingerprint density at radius 2 is 0.608 bits per heavy atom. The van der Waals surface area contributed by atoms with Gasteiger partial charge in [-0.1, -0.05) is 182 Å². The summed E-state index contributed by atoms with van der Waals surface area (Å²) in [6, 6.07) is 33.0. The first-order chi connectivity index (χ1) is 35.7. The highest BCUT2D eigenvalue weighted by molar-refractivity contribution is 6.17. The second kappa shape index (κ2) is 46.6. The van der Waals surface area contributed by atoms with Gasteiger partial charge in [-0.25, -0.2) is 0 Å². The second-order valence-electron chi connectivity index (χ2n) is 18.5. The van der Waals surface area contributed by atoms with E-state index in [0.717, 1.165) is 44.5 Å². The van der Waals surface area contributed by atoms with Gasteiger partial charge in [0.25, 0.3) is 0 Å². The molecule has 13 nitrogen and oxygen atoms in total. The van der Waals surface area contributed by atoms with Gasteiger partial charge in [-0.3, -0.25) is 0 Å². The predicted molar refractivity (Wildman–Crippen MR) is 296 cm³/mol. The van der Waals surface area contributed by atoms with Crippen molar-refractivity contribution in [2.24, 2.45) is 0 Å². The lowest BCUT2D eigenvalue weighted by Crippen LogP contribution is -2.20. The summed E-state index contributed by atoms with van der Waals surface area (Å²) in [6.07, 6.45) is 9.00. The van der Waals surface area contributed by atoms with Crippen LogP contribution in [0.2, 0.25) is 0 Å². The molecule has 0 saturated heterocycles. The van der Waals surface area contributed by atoms with Crippen LogP contribution in [0.3, 0.4) is 0 Å². The van der Waals surface area contributed by atoms with Crippen molar-refractivity contribution in [3.63, 3.8) is 0 Å². The summed E-state index contributed by atoms with van der Waals surface area (Å²) >= 11 is 21.6. The molecule has 0 atom stereocenters. The van der Waals surface area contributed by atoms with Crippen molar-refractivity contribution in [2.75, 3.05) is 71.1 Å². The highest BCUT2D eigenvalue weighted by Crippen LogP contribution is 2.16. The van der Waals surface area contributed by atoms with Crippen molar-refractivity contribution in [3.05, 3.63) is 142 Å². The van der Waals surface area contributed by atoms with Gasteiger partial charge in [0.05, 0.1) is 90.5 Å². The van der Waals surface area contributed by atoms with Gasteiger partial charge in [-0.05, 0) is 86.1 Å². The normalized spacial score (nSPS) is 12.3. The molecule has 1 fully saturated rings. The summed E-state index contributed by atoms with van der Waals surface area (Å²) in [4.78, 5) is 0. The van der Waals surface area contributed by atoms with Crippen LogP contribution >= 0.6 is 46.4 Å². The first-order valence-corrected chi connectivity index (χ1v) is 27.1. The van der Waals surface area contributed by atoms with E-state index >= 15 is 0 Å². The molecule has 0 spiro atoms. The molecular formula is C57H86Cl4O13. The van der Waals surface area contributed by atoms with E-state index in [2.05, 4.69) is 32.9 Å². The smallest absolute Gasteiger partial charge is 0.147 e. The maximum absolute atomic E-state index is 7.62. The van der Waals surface area contributed by atoms with E-state index in [9.17, 15) is 0 Å². The minimum atomic E-state index is -0.196. The van der Waals surface area contributed by atoms with E-state index in [1.54, 1.807) is 0 Å². The second-order valence-corrected chi connectivity index (χ2v) is 19.4. The highest BCUT2D eigenvalue weighted by Gasteiger charge is 2.11. The molecule has 1 aliphatic rings. The van der Waals surface area contributed by atoms with Crippen molar-refractivity contribution < 1.29 is 62.3 Å². The summed E-state index contributed by atoms with van der Waals surface area (Å²) in [5.74, 6) is 0. The zero-order chi connectivity index (χ0) is 54.4. The van der Waals surface area contributed by atoms with Gasteiger partial charge in [0.15, 0.2) is 0 Å². The first-order valence-electron chi connectivity index (χ1n) is 25.0. The monoisotopic (exact) mass is 1120 g/mol. The van der Waals surface area contributed by atoms with Crippen molar-refractivity contribution >= 4 is 46.4 Å². The molecule has 17 heteroatoms. The molecule has 420 valence electrons. The van der Waals surface area contributed by atoms with Gasteiger partial charge in [0.1, 0.15) is 44.6 Å². The number of halogens is 4. The van der Waals surface area contributed by atoms with Gasteiger partial charge >= 0.3 is 0 Å². The van der Waals surface area contributed by atoms with Crippen LogP contribution < -0.4 is 0 Å². The fourth-order valence-electron chi connectivity index (χ4n) is 6.12. The van der Waals surface area contributed by atoms with E-state index in [1.165, 1.54) is 38.5 Å². The number of benzene rings is 4. The van der Waals surface area contributed by atoms with Gasteiger partial charge in [-0.2, -0.15) is 0 Å². The molecule has 0 aromatic heterocycles. The predicted octanol–water partition coefficient (Wildman–Crippen LogP) is 13.5. The summed E-state index contributed by atoms with van der Waals surface area (Å²) < 4.78 is 59.3. The van der Waals surface area contributed by atoms with Crippen molar-refractivity contribution in [1.29, 1.82) is 0 Å². The molecule has 0 unspecified atom stereocenters. The molecule has 0 aliphatic heterocycles. The van der Waals surface area contributed by atoms with Gasteiger partial charge in [-0.15, -0.1) is 0 Å². The molecule has 1 saturated carbocycles. The van der Waals surface area contributed by atoms with Gasteiger partial charge in [0.2, 0.25) is 0 Å². The Morgan fingerprint density at radius 3 is 0.905 bits per heavy atom. The lowest BCUT2D eigenvalue weighted by molar-refractivity contribution is -0.125. The Bertz CT molecular complexity index is 1800. The Balaban J connectivity index is 0.000000581. The number of aliphatic hydroxyl groups excluding tert-OH is 2. The molecule has 4 aromatic carbocycles. The fraction of sp³-hybridized carbons (Fsp3) is 0.579. The summed E-state index contributed by atoms with van der Waals surface area (Å²) in [5, 5.41) is 15.2. The van der Waals surface area contributed by atoms with Crippen LogP contribution in [0.15, 0.2) is 97.1 Å². The van der Waals surface area contributed by atoms with Gasteiger partial charge in [0, 0.05) is 0 Å². The third-order valence-electron chi connectivity index (χ3n) is 9.77. The molecule has 0 heterocycles. The lowest BCUT2D eigenvalue weighted by atomic mass is 10.0. The molecule has 5 rings (SSSR count). The Labute approximate surface area is 463 Å². The van der Waals surface area contributed by atoms with Crippen LogP contribution in [0.25, 0.3) is 0 Å². The van der Waals surface area contributed by atoms with Crippen LogP contribution in [0.4, 0.5) is 0 Å². The van der Waals surface area contributed by atoms with E-state index in [4.69, 9.17) is 109 Å². The molecule has 4 aromatic rings. The zero-order valence-electron chi connectivity index (χ0n) is 44.8. The van der Waals surface area contributed by atoms with Crippen LogP contribution in [-0.2, 0) is 105 Å². The molecular weight excluding hydrogens is 1030 g/mol. The standard InChI is InChI=1S/C29H44O7.2C10H12Cl2O2.C6H12.C2H6O2/c1-28(2,3)35-20-27-9-7-8-26(16-27)19-33-22-31-15-14-30-21-32-17-24-10-12-25(13-11-24)18-34-23-36-29(4,5)6;11-7-13-5-9-1-2-10(4-3-9)6-14-8-12;11-7-13-5-9-2-1-3-10(4-9)6-14-8-12;1-2-4-6-5-3-1;3-1-2-4/h7-13,16H,14-15,17-23H2,1-6H3;2*1-4H,5-8H2;1-6H2;3-4H,1-2H2. The quantitative estimate of drug-likeness (QED) is 0.0291. The molecule has 74 heavy (non-hydrogen) atoms. The maximum Gasteiger partial charge on any atom is 0.147 e. The molecule has 2 N–H and O–H groups in total. The minimum absolute atomic E-state index is 0.125. The van der Waals surface area contributed by atoms with Crippen molar-refractivity contribution in [1.82, 2.24) is 0 Å². The van der Waals surface area contributed by atoms with E-state index in [0.29, 0.717) is 66.1 Å². The maximum atomic E-state index is 7.62. The first kappa shape index (κ1) is 69.5. The molecule has 1 aliphatic carbocycles. The Hall–Kier alpha value is -2.48. The zero-order valence-corrected chi connectivity index (χ0v) is 47.8. The number of aliphatic hydroxyl groups is 2. The minimum Gasteiger partial charge on any atom is -0.394 e. The number of hydrogen-bond acceptors (Lipinski definition) is 13. The van der Waals surface area contributed by atoms with Crippen LogP contribution in [0.1, 0.15) is 125 Å². The SMILES string of the molecule is C1CCCCC1.CC(C)(C)OCOCc1ccc(COCOCCOCOCc2cccc(COC(C)(C)C)c2)cc1.ClCOCc1ccc(COCCl)cc1.ClCOCc1cccc(COCCl)c1.OCCO. The number of ether oxygens (including phenoxy) is 11. The van der Waals surface area contributed by atoms with E-state index < -0.39 is 0 Å². The highest BCUT2D eigenvalue weighted by atomic mass is 35.5. The number of hydrogen-bond donors (Lipinski definition) is 2. The lowest BCUT2D eigenvalue weighted by Gasteiger charge is -2.19. The third-order valence-corrected chi connectivity index (χ3v) is 10.4. The average Bonchev–Trinajstić information content (AvgIpc) is 3.41. The van der Waals surface area contributed by atoms with Crippen LogP contribution in [0.5, 0.6) is 0 Å². The van der Waals surface area contributed by atoms with Crippen LogP contribution in [0, 0.1) is 0 Å². The van der Waals surface area contributed by atoms with Crippen LogP contribution in [-0.4, -0.2) is 92.5 Å². The van der Waals surface area contributed by atoms with Crippen molar-refractivity contribution in [2.45, 2.75) is 144 Å². The van der Waals surface area contributed by atoms with Crippen molar-refractivity contribution in [3.8, 4) is 0 Å². The average molecular weight is 1120 g/mol. The fourth-order valence-corrected chi connectivity index (χ4v) is 6.43. The molecule has 0 amide bonds. The molecule has 0 bridgehead atoms. The topological polar surface area (TPSA) is 142 Å². The number of rotatable bonds is 30. The van der Waals surface area contributed by atoms with E-state index in [-0.39, 0.29) is 69.1 Å². The Morgan fingerprint density at radius 1 is 0.338 bits per heavy atom. The van der Waals surface area contributed by atoms with Gasteiger partial charge < -0.3 is 62.3 Å². The largest absolute Gasteiger partial charge is 0.394 e. The molecule has 0 radical (unpaired) electrons. The number of alkyl halides is 4.